The van der Waals surface area contributed by atoms with Crippen molar-refractivity contribution in [3.05, 3.63) is 35.2 Å². The van der Waals surface area contributed by atoms with E-state index in [1.165, 1.54) is 11.1 Å². The first-order chi connectivity index (χ1) is 8.86. The van der Waals surface area contributed by atoms with Gasteiger partial charge in [-0.3, -0.25) is 0 Å². The second-order valence-corrected chi connectivity index (χ2v) is 4.40. The second-order valence-electron chi connectivity index (χ2n) is 4.40. The number of hydrogen-bond donors (Lipinski definition) is 2. The van der Waals surface area contributed by atoms with Gasteiger partial charge in [-0.2, -0.15) is 4.98 Å². The summed E-state index contributed by atoms with van der Waals surface area (Å²) in [5, 5.41) is 16.0. The zero-order valence-electron chi connectivity index (χ0n) is 10.0. The SMILES string of the molecule is OCCc1noc(-c2ccc3c(c2)CNCC3)n1. The minimum atomic E-state index is 0.0348. The number of rotatable bonds is 3. The van der Waals surface area contributed by atoms with Crippen LogP contribution in [0.15, 0.2) is 22.7 Å². The Morgan fingerprint density at radius 1 is 1.33 bits per heavy atom. The summed E-state index contributed by atoms with van der Waals surface area (Å²) in [6, 6.07) is 6.24. The van der Waals surface area contributed by atoms with Crippen LogP contribution in [-0.4, -0.2) is 28.4 Å². The monoisotopic (exact) mass is 245 g/mol. The third-order valence-corrected chi connectivity index (χ3v) is 3.14. The van der Waals surface area contributed by atoms with E-state index in [0.29, 0.717) is 18.1 Å². The topological polar surface area (TPSA) is 71.2 Å². The molecule has 94 valence electrons. The van der Waals surface area contributed by atoms with Gasteiger partial charge in [0.25, 0.3) is 5.89 Å². The van der Waals surface area contributed by atoms with E-state index in [2.05, 4.69) is 27.6 Å². The molecule has 0 aliphatic carbocycles. The molecule has 2 aromatic rings. The van der Waals surface area contributed by atoms with Gasteiger partial charge in [-0.05, 0) is 36.2 Å². The fraction of sp³-hybridized carbons (Fsp3) is 0.385. The van der Waals surface area contributed by atoms with Crippen molar-refractivity contribution in [1.29, 1.82) is 0 Å². The molecule has 5 nitrogen and oxygen atoms in total. The average Bonchev–Trinajstić information content (AvgIpc) is 2.87. The average molecular weight is 245 g/mol. The van der Waals surface area contributed by atoms with Crippen molar-refractivity contribution in [2.45, 2.75) is 19.4 Å². The van der Waals surface area contributed by atoms with E-state index in [1.807, 2.05) is 6.07 Å². The quantitative estimate of drug-likeness (QED) is 0.841. The lowest BCUT2D eigenvalue weighted by atomic mass is 9.98. The van der Waals surface area contributed by atoms with Gasteiger partial charge in [0, 0.05) is 18.5 Å². The molecule has 1 aliphatic rings. The van der Waals surface area contributed by atoms with Crippen LogP contribution < -0.4 is 5.32 Å². The lowest BCUT2D eigenvalue weighted by Gasteiger charge is -2.16. The molecule has 0 fully saturated rings. The van der Waals surface area contributed by atoms with Gasteiger partial charge in [0.2, 0.25) is 0 Å². The van der Waals surface area contributed by atoms with Crippen LogP contribution in [-0.2, 0) is 19.4 Å². The predicted octanol–water partition coefficient (Wildman–Crippen LogP) is 0.917. The summed E-state index contributed by atoms with van der Waals surface area (Å²) in [5.41, 5.74) is 3.61. The molecule has 1 aliphatic heterocycles. The summed E-state index contributed by atoms with van der Waals surface area (Å²) in [4.78, 5) is 4.26. The van der Waals surface area contributed by atoms with E-state index in [4.69, 9.17) is 9.63 Å². The summed E-state index contributed by atoms with van der Waals surface area (Å²) < 4.78 is 5.20. The fourth-order valence-electron chi connectivity index (χ4n) is 2.19. The third kappa shape index (κ3) is 2.14. The number of benzene rings is 1. The molecule has 0 radical (unpaired) electrons. The molecule has 18 heavy (non-hydrogen) atoms. The van der Waals surface area contributed by atoms with Crippen LogP contribution in [0.3, 0.4) is 0 Å². The van der Waals surface area contributed by atoms with Gasteiger partial charge in [-0.25, -0.2) is 0 Å². The zero-order chi connectivity index (χ0) is 12.4. The zero-order valence-corrected chi connectivity index (χ0v) is 10.0. The highest BCUT2D eigenvalue weighted by atomic mass is 16.5. The first-order valence-corrected chi connectivity index (χ1v) is 6.13. The molecular formula is C13H15N3O2. The van der Waals surface area contributed by atoms with Gasteiger partial charge < -0.3 is 14.9 Å². The van der Waals surface area contributed by atoms with Crippen LogP contribution in [0.1, 0.15) is 17.0 Å². The van der Waals surface area contributed by atoms with Crippen molar-refractivity contribution in [2.24, 2.45) is 0 Å². The van der Waals surface area contributed by atoms with Gasteiger partial charge in [-0.1, -0.05) is 11.2 Å². The van der Waals surface area contributed by atoms with E-state index in [1.54, 1.807) is 0 Å². The maximum atomic E-state index is 8.83. The van der Waals surface area contributed by atoms with Gasteiger partial charge in [0.15, 0.2) is 5.82 Å². The lowest BCUT2D eigenvalue weighted by molar-refractivity contribution is 0.293. The molecule has 0 amide bonds. The molecule has 3 rings (SSSR count). The second kappa shape index (κ2) is 4.88. The van der Waals surface area contributed by atoms with Crippen molar-refractivity contribution in [3.8, 4) is 11.5 Å². The normalized spacial score (nSPS) is 14.5. The van der Waals surface area contributed by atoms with Crippen LogP contribution in [0, 0.1) is 0 Å². The molecule has 2 N–H and O–H groups in total. The van der Waals surface area contributed by atoms with Crippen molar-refractivity contribution in [2.75, 3.05) is 13.2 Å². The maximum Gasteiger partial charge on any atom is 0.257 e. The summed E-state index contributed by atoms with van der Waals surface area (Å²) in [5.74, 6) is 1.06. The molecule has 0 bridgehead atoms. The summed E-state index contributed by atoms with van der Waals surface area (Å²) in [6.07, 6.45) is 1.49. The Labute approximate surface area is 105 Å². The number of nitrogens with zero attached hydrogens (tertiary/aromatic N) is 2. The van der Waals surface area contributed by atoms with Crippen molar-refractivity contribution >= 4 is 0 Å². The molecule has 1 aromatic heterocycles. The highest BCUT2D eigenvalue weighted by Gasteiger charge is 2.13. The molecule has 0 atom stereocenters. The number of fused-ring (bicyclic) bond motifs is 1. The van der Waals surface area contributed by atoms with Crippen molar-refractivity contribution < 1.29 is 9.63 Å². The Kier molecular flexibility index (Phi) is 3.08. The summed E-state index contributed by atoms with van der Waals surface area (Å²) >= 11 is 0. The third-order valence-electron chi connectivity index (χ3n) is 3.14. The number of aliphatic hydroxyl groups is 1. The fourth-order valence-corrected chi connectivity index (χ4v) is 2.19. The van der Waals surface area contributed by atoms with Crippen molar-refractivity contribution in [1.82, 2.24) is 15.5 Å². The van der Waals surface area contributed by atoms with Crippen LogP contribution in [0.2, 0.25) is 0 Å². The standard InChI is InChI=1S/C13H15N3O2/c17-6-4-12-15-13(18-16-12)10-2-1-9-3-5-14-8-11(9)7-10/h1-2,7,14,17H,3-6,8H2. The van der Waals surface area contributed by atoms with E-state index >= 15 is 0 Å². The molecule has 5 heteroatoms. The van der Waals surface area contributed by atoms with Crippen LogP contribution in [0.4, 0.5) is 0 Å². The molecule has 0 saturated heterocycles. The summed E-state index contributed by atoms with van der Waals surface area (Å²) in [7, 11) is 0. The van der Waals surface area contributed by atoms with Gasteiger partial charge in [-0.15, -0.1) is 0 Å². The van der Waals surface area contributed by atoms with Gasteiger partial charge in [0.1, 0.15) is 0 Å². The largest absolute Gasteiger partial charge is 0.396 e. The van der Waals surface area contributed by atoms with Gasteiger partial charge in [0.05, 0.1) is 6.61 Å². The lowest BCUT2D eigenvalue weighted by Crippen LogP contribution is -2.23. The van der Waals surface area contributed by atoms with E-state index < -0.39 is 0 Å². The Hall–Kier alpha value is -1.72. The molecular weight excluding hydrogens is 230 g/mol. The first kappa shape index (κ1) is 11.4. The van der Waals surface area contributed by atoms with E-state index in [-0.39, 0.29) is 6.61 Å². The molecule has 2 heterocycles. The smallest absolute Gasteiger partial charge is 0.257 e. The number of hydrogen-bond acceptors (Lipinski definition) is 5. The van der Waals surface area contributed by atoms with E-state index in [9.17, 15) is 0 Å². The highest BCUT2D eigenvalue weighted by molar-refractivity contribution is 5.56. The summed E-state index contributed by atoms with van der Waals surface area (Å²) in [6.45, 7) is 1.96. The van der Waals surface area contributed by atoms with E-state index in [0.717, 1.165) is 25.1 Å². The Morgan fingerprint density at radius 2 is 2.28 bits per heavy atom. The molecule has 0 spiro atoms. The van der Waals surface area contributed by atoms with Crippen LogP contribution in [0.5, 0.6) is 0 Å². The number of aliphatic hydroxyl groups excluding tert-OH is 1. The van der Waals surface area contributed by atoms with Crippen LogP contribution in [0.25, 0.3) is 11.5 Å². The van der Waals surface area contributed by atoms with Crippen molar-refractivity contribution in [3.63, 3.8) is 0 Å². The maximum absolute atomic E-state index is 8.83. The minimum absolute atomic E-state index is 0.0348. The number of nitrogens with one attached hydrogen (secondary N) is 1. The van der Waals surface area contributed by atoms with Gasteiger partial charge >= 0.3 is 0 Å². The molecule has 0 unspecified atom stereocenters. The molecule has 0 saturated carbocycles. The highest BCUT2D eigenvalue weighted by Crippen LogP contribution is 2.23. The predicted molar refractivity (Wildman–Crippen MR) is 65.9 cm³/mol. The Morgan fingerprint density at radius 3 is 3.17 bits per heavy atom. The molecule has 1 aromatic carbocycles. The minimum Gasteiger partial charge on any atom is -0.396 e. The Bertz CT molecular complexity index is 551. The van der Waals surface area contributed by atoms with Crippen LogP contribution >= 0.6 is 0 Å². The number of aromatic nitrogens is 2. The first-order valence-electron chi connectivity index (χ1n) is 6.13. The Balaban J connectivity index is 1.91.